The summed E-state index contributed by atoms with van der Waals surface area (Å²) in [7, 11) is 0. The van der Waals surface area contributed by atoms with Gasteiger partial charge in [0.1, 0.15) is 0 Å². The van der Waals surface area contributed by atoms with Crippen molar-refractivity contribution in [1.82, 2.24) is 10.6 Å². The number of nitrogens with one attached hydrogen (secondary N) is 2. The maximum atomic E-state index is 11.9. The highest BCUT2D eigenvalue weighted by molar-refractivity contribution is 7.98. The van der Waals surface area contributed by atoms with Gasteiger partial charge in [-0.05, 0) is 31.4 Å². The first-order chi connectivity index (χ1) is 8.29. The van der Waals surface area contributed by atoms with Gasteiger partial charge in [-0.25, -0.2) is 0 Å². The zero-order valence-corrected chi connectivity index (χ0v) is 11.3. The van der Waals surface area contributed by atoms with E-state index in [0.717, 1.165) is 30.0 Å². The number of thioether (sulfide) groups is 1. The molecule has 1 amide bonds. The lowest BCUT2D eigenvalue weighted by molar-refractivity contribution is 0.0951. The Bertz CT molecular complexity index is 355. The van der Waals surface area contributed by atoms with Crippen molar-refractivity contribution in [3.05, 3.63) is 29.8 Å². The SMILES string of the molecule is CCCNCCNC(=O)c1ccccc1SC. The summed E-state index contributed by atoms with van der Waals surface area (Å²) in [6.07, 6.45) is 3.10. The van der Waals surface area contributed by atoms with Crippen LogP contribution in [-0.2, 0) is 0 Å². The molecule has 0 aliphatic heterocycles. The molecule has 0 aliphatic carbocycles. The van der Waals surface area contributed by atoms with Crippen molar-refractivity contribution in [1.29, 1.82) is 0 Å². The molecular weight excluding hydrogens is 232 g/mol. The van der Waals surface area contributed by atoms with Crippen LogP contribution in [-0.4, -0.2) is 31.8 Å². The Morgan fingerprint density at radius 3 is 2.71 bits per heavy atom. The number of amides is 1. The van der Waals surface area contributed by atoms with E-state index in [-0.39, 0.29) is 5.91 Å². The summed E-state index contributed by atoms with van der Waals surface area (Å²) < 4.78 is 0. The van der Waals surface area contributed by atoms with Gasteiger partial charge in [-0.15, -0.1) is 11.8 Å². The summed E-state index contributed by atoms with van der Waals surface area (Å²) >= 11 is 1.59. The van der Waals surface area contributed by atoms with E-state index in [9.17, 15) is 4.79 Å². The van der Waals surface area contributed by atoms with Gasteiger partial charge in [-0.3, -0.25) is 4.79 Å². The second-order valence-electron chi connectivity index (χ2n) is 3.71. The highest BCUT2D eigenvalue weighted by Crippen LogP contribution is 2.19. The van der Waals surface area contributed by atoms with E-state index < -0.39 is 0 Å². The Labute approximate surface area is 107 Å². The lowest BCUT2D eigenvalue weighted by Crippen LogP contribution is -2.32. The number of carbonyl (C=O) groups excluding carboxylic acids is 1. The molecule has 3 nitrogen and oxygen atoms in total. The number of carbonyl (C=O) groups is 1. The van der Waals surface area contributed by atoms with Crippen molar-refractivity contribution in [3.63, 3.8) is 0 Å². The molecule has 0 bridgehead atoms. The van der Waals surface area contributed by atoms with E-state index in [1.807, 2.05) is 30.5 Å². The fourth-order valence-corrected chi connectivity index (χ4v) is 2.09. The molecule has 0 fully saturated rings. The smallest absolute Gasteiger partial charge is 0.252 e. The minimum atomic E-state index is 0.00764. The van der Waals surface area contributed by atoms with Crippen molar-refractivity contribution in [2.45, 2.75) is 18.2 Å². The summed E-state index contributed by atoms with van der Waals surface area (Å²) in [5.74, 6) is 0.00764. The molecule has 1 aromatic rings. The van der Waals surface area contributed by atoms with Crippen LogP contribution in [0.15, 0.2) is 29.2 Å². The van der Waals surface area contributed by atoms with E-state index in [4.69, 9.17) is 0 Å². The van der Waals surface area contributed by atoms with Crippen LogP contribution in [0.5, 0.6) is 0 Å². The largest absolute Gasteiger partial charge is 0.351 e. The van der Waals surface area contributed by atoms with Gasteiger partial charge < -0.3 is 10.6 Å². The molecule has 1 rings (SSSR count). The maximum absolute atomic E-state index is 11.9. The molecule has 17 heavy (non-hydrogen) atoms. The monoisotopic (exact) mass is 252 g/mol. The van der Waals surface area contributed by atoms with E-state index in [1.54, 1.807) is 11.8 Å². The Balaban J connectivity index is 2.41. The average molecular weight is 252 g/mol. The van der Waals surface area contributed by atoms with Crippen LogP contribution in [0.25, 0.3) is 0 Å². The molecule has 0 spiro atoms. The first-order valence-electron chi connectivity index (χ1n) is 5.91. The van der Waals surface area contributed by atoms with Gasteiger partial charge in [-0.1, -0.05) is 19.1 Å². The Kier molecular flexibility index (Phi) is 6.74. The Morgan fingerprint density at radius 2 is 2.00 bits per heavy atom. The first kappa shape index (κ1) is 14.1. The van der Waals surface area contributed by atoms with Crippen LogP contribution in [0.1, 0.15) is 23.7 Å². The molecule has 1 aromatic carbocycles. The summed E-state index contributed by atoms with van der Waals surface area (Å²) in [5.41, 5.74) is 0.760. The van der Waals surface area contributed by atoms with E-state index in [2.05, 4.69) is 17.6 Å². The molecule has 2 N–H and O–H groups in total. The molecule has 0 atom stereocenters. The standard InChI is InChI=1S/C13H20N2OS/c1-3-8-14-9-10-15-13(16)11-6-4-5-7-12(11)17-2/h4-7,14H,3,8-10H2,1-2H3,(H,15,16). The lowest BCUT2D eigenvalue weighted by atomic mass is 10.2. The molecule has 0 aromatic heterocycles. The molecule has 0 saturated carbocycles. The molecule has 0 saturated heterocycles. The zero-order valence-electron chi connectivity index (χ0n) is 10.5. The number of hydrogen-bond acceptors (Lipinski definition) is 3. The van der Waals surface area contributed by atoms with Crippen LogP contribution in [0.4, 0.5) is 0 Å². The van der Waals surface area contributed by atoms with Crippen molar-refractivity contribution in [2.24, 2.45) is 0 Å². The number of rotatable bonds is 7. The second kappa shape index (κ2) is 8.14. The summed E-state index contributed by atoms with van der Waals surface area (Å²) in [4.78, 5) is 12.9. The molecule has 0 heterocycles. The summed E-state index contributed by atoms with van der Waals surface area (Å²) in [6, 6.07) is 7.67. The van der Waals surface area contributed by atoms with Crippen LogP contribution in [0, 0.1) is 0 Å². The van der Waals surface area contributed by atoms with Crippen molar-refractivity contribution in [3.8, 4) is 0 Å². The average Bonchev–Trinajstić information content (AvgIpc) is 2.38. The predicted molar refractivity (Wildman–Crippen MR) is 73.7 cm³/mol. The number of benzene rings is 1. The highest BCUT2D eigenvalue weighted by Gasteiger charge is 2.08. The third-order valence-corrected chi connectivity index (χ3v) is 3.16. The van der Waals surface area contributed by atoms with Gasteiger partial charge in [0, 0.05) is 18.0 Å². The molecular formula is C13H20N2OS. The first-order valence-corrected chi connectivity index (χ1v) is 7.14. The van der Waals surface area contributed by atoms with Gasteiger partial charge in [0.15, 0.2) is 0 Å². The second-order valence-corrected chi connectivity index (χ2v) is 4.55. The fourth-order valence-electron chi connectivity index (χ4n) is 1.49. The van der Waals surface area contributed by atoms with Crippen LogP contribution < -0.4 is 10.6 Å². The lowest BCUT2D eigenvalue weighted by Gasteiger charge is -2.08. The van der Waals surface area contributed by atoms with Gasteiger partial charge in [0.25, 0.3) is 5.91 Å². The van der Waals surface area contributed by atoms with Crippen LogP contribution in [0.3, 0.4) is 0 Å². The minimum Gasteiger partial charge on any atom is -0.351 e. The topological polar surface area (TPSA) is 41.1 Å². The third-order valence-electron chi connectivity index (χ3n) is 2.37. The van der Waals surface area contributed by atoms with Gasteiger partial charge in [0.2, 0.25) is 0 Å². The minimum absolute atomic E-state index is 0.00764. The van der Waals surface area contributed by atoms with E-state index in [1.165, 1.54) is 0 Å². The molecule has 4 heteroatoms. The summed E-state index contributed by atoms with van der Waals surface area (Å²) in [5, 5.41) is 6.17. The number of hydrogen-bond donors (Lipinski definition) is 2. The zero-order chi connectivity index (χ0) is 12.5. The van der Waals surface area contributed by atoms with Crippen LogP contribution >= 0.6 is 11.8 Å². The van der Waals surface area contributed by atoms with Gasteiger partial charge in [0.05, 0.1) is 5.56 Å². The molecule has 0 unspecified atom stereocenters. The highest BCUT2D eigenvalue weighted by atomic mass is 32.2. The Hall–Kier alpha value is -1.00. The van der Waals surface area contributed by atoms with Gasteiger partial charge >= 0.3 is 0 Å². The normalized spacial score (nSPS) is 10.2. The fraction of sp³-hybridized carbons (Fsp3) is 0.462. The van der Waals surface area contributed by atoms with E-state index in [0.29, 0.717) is 6.54 Å². The van der Waals surface area contributed by atoms with Crippen molar-refractivity contribution >= 4 is 17.7 Å². The molecule has 94 valence electrons. The Morgan fingerprint density at radius 1 is 1.24 bits per heavy atom. The quantitative estimate of drug-likeness (QED) is 0.577. The maximum Gasteiger partial charge on any atom is 0.252 e. The molecule has 0 radical (unpaired) electrons. The van der Waals surface area contributed by atoms with E-state index >= 15 is 0 Å². The van der Waals surface area contributed by atoms with Crippen LogP contribution in [0.2, 0.25) is 0 Å². The third kappa shape index (κ3) is 4.79. The van der Waals surface area contributed by atoms with Crippen molar-refractivity contribution in [2.75, 3.05) is 25.9 Å². The summed E-state index contributed by atoms with van der Waals surface area (Å²) in [6.45, 7) is 4.61. The van der Waals surface area contributed by atoms with Gasteiger partial charge in [-0.2, -0.15) is 0 Å². The predicted octanol–water partition coefficient (Wildman–Crippen LogP) is 2.14. The van der Waals surface area contributed by atoms with Crippen molar-refractivity contribution < 1.29 is 4.79 Å². The molecule has 0 aliphatic rings.